The van der Waals surface area contributed by atoms with Gasteiger partial charge < -0.3 is 9.84 Å². The van der Waals surface area contributed by atoms with Crippen LogP contribution in [-0.4, -0.2) is 12.2 Å². The molecule has 0 bridgehead atoms. The summed E-state index contributed by atoms with van der Waals surface area (Å²) in [5.41, 5.74) is 1.72. The first-order chi connectivity index (χ1) is 9.79. The van der Waals surface area contributed by atoms with Crippen LogP contribution < -0.4 is 4.74 Å². The third-order valence-corrected chi connectivity index (χ3v) is 3.50. The highest BCUT2D eigenvalue weighted by Gasteiger charge is 2.13. The van der Waals surface area contributed by atoms with Crippen LogP contribution in [0.1, 0.15) is 17.2 Å². The van der Waals surface area contributed by atoms with Crippen LogP contribution >= 0.6 is 0 Å². The van der Waals surface area contributed by atoms with Crippen LogP contribution in [0.4, 0.5) is 0 Å². The summed E-state index contributed by atoms with van der Waals surface area (Å²) in [7, 11) is 1.65. The van der Waals surface area contributed by atoms with E-state index in [0.717, 1.165) is 27.6 Å². The molecule has 2 nitrogen and oxygen atoms in total. The van der Waals surface area contributed by atoms with Crippen molar-refractivity contribution < 1.29 is 9.84 Å². The van der Waals surface area contributed by atoms with Crippen molar-refractivity contribution in [3.8, 4) is 5.75 Å². The van der Waals surface area contributed by atoms with Crippen LogP contribution in [0, 0.1) is 0 Å². The molecule has 0 fully saturated rings. The van der Waals surface area contributed by atoms with E-state index in [1.54, 1.807) is 7.11 Å². The summed E-state index contributed by atoms with van der Waals surface area (Å²) in [6.45, 7) is 0. The average Bonchev–Trinajstić information content (AvgIpc) is 2.54. The molecule has 0 radical (unpaired) electrons. The molecule has 0 aliphatic carbocycles. The number of hydrogen-bond donors (Lipinski definition) is 1. The Labute approximate surface area is 118 Å². The highest BCUT2D eigenvalue weighted by molar-refractivity contribution is 5.89. The number of aliphatic hydroxyl groups is 1. The highest BCUT2D eigenvalue weighted by atomic mass is 16.5. The molecule has 1 N–H and O–H groups in total. The summed E-state index contributed by atoms with van der Waals surface area (Å²) in [5.74, 6) is 0.785. The molecule has 20 heavy (non-hydrogen) atoms. The summed E-state index contributed by atoms with van der Waals surface area (Å²) < 4.78 is 5.44. The van der Waals surface area contributed by atoms with E-state index in [2.05, 4.69) is 0 Å². The number of fused-ring (bicyclic) bond motifs is 1. The van der Waals surface area contributed by atoms with Crippen LogP contribution in [-0.2, 0) is 0 Å². The maximum absolute atomic E-state index is 10.5. The normalized spacial score (nSPS) is 12.3. The molecule has 0 heterocycles. The smallest absolute Gasteiger partial charge is 0.127 e. The molecule has 0 saturated heterocycles. The Morgan fingerprint density at radius 2 is 1.55 bits per heavy atom. The van der Waals surface area contributed by atoms with E-state index in [4.69, 9.17) is 4.74 Å². The fourth-order valence-electron chi connectivity index (χ4n) is 2.45. The van der Waals surface area contributed by atoms with Crippen molar-refractivity contribution in [2.45, 2.75) is 6.10 Å². The molecule has 1 atom stereocenters. The lowest BCUT2D eigenvalue weighted by molar-refractivity contribution is 0.220. The molecular weight excluding hydrogens is 248 g/mol. The van der Waals surface area contributed by atoms with Gasteiger partial charge in [-0.25, -0.2) is 0 Å². The van der Waals surface area contributed by atoms with Crippen molar-refractivity contribution in [3.05, 3.63) is 77.9 Å². The molecule has 0 aromatic heterocycles. The second kappa shape index (κ2) is 5.35. The van der Waals surface area contributed by atoms with Crippen molar-refractivity contribution in [1.29, 1.82) is 0 Å². The molecule has 0 aliphatic heterocycles. The maximum Gasteiger partial charge on any atom is 0.127 e. The number of aliphatic hydroxyl groups excluding tert-OH is 1. The van der Waals surface area contributed by atoms with Crippen LogP contribution in [0.25, 0.3) is 10.8 Å². The molecule has 100 valence electrons. The number of hydrogen-bond acceptors (Lipinski definition) is 2. The highest BCUT2D eigenvalue weighted by Crippen LogP contribution is 2.32. The van der Waals surface area contributed by atoms with Gasteiger partial charge in [-0.3, -0.25) is 0 Å². The molecule has 0 amide bonds. The Morgan fingerprint density at radius 3 is 2.30 bits per heavy atom. The van der Waals surface area contributed by atoms with Crippen LogP contribution in [0.15, 0.2) is 66.7 Å². The monoisotopic (exact) mass is 264 g/mol. The van der Waals surface area contributed by atoms with Crippen molar-refractivity contribution in [2.24, 2.45) is 0 Å². The summed E-state index contributed by atoms with van der Waals surface area (Å²) in [6.07, 6.45) is -0.644. The molecule has 0 saturated carbocycles. The largest absolute Gasteiger partial charge is 0.496 e. The SMILES string of the molecule is COc1cc(C(O)c2ccccc2)cc2ccccc12. The Balaban J connectivity index is 2.12. The van der Waals surface area contributed by atoms with Gasteiger partial charge in [-0.05, 0) is 28.6 Å². The van der Waals surface area contributed by atoms with E-state index in [1.165, 1.54) is 0 Å². The molecule has 3 aromatic rings. The molecule has 1 unspecified atom stereocenters. The van der Waals surface area contributed by atoms with Gasteiger partial charge in [0.05, 0.1) is 7.11 Å². The Kier molecular flexibility index (Phi) is 3.40. The second-order valence-electron chi connectivity index (χ2n) is 4.76. The van der Waals surface area contributed by atoms with Gasteiger partial charge in [-0.1, -0.05) is 54.6 Å². The van der Waals surface area contributed by atoms with E-state index in [1.807, 2.05) is 66.7 Å². The van der Waals surface area contributed by atoms with Gasteiger partial charge in [0.15, 0.2) is 0 Å². The van der Waals surface area contributed by atoms with E-state index in [-0.39, 0.29) is 0 Å². The van der Waals surface area contributed by atoms with E-state index >= 15 is 0 Å². The second-order valence-corrected chi connectivity index (χ2v) is 4.76. The molecule has 2 heteroatoms. The van der Waals surface area contributed by atoms with E-state index < -0.39 is 6.10 Å². The molecule has 0 spiro atoms. The average molecular weight is 264 g/mol. The number of methoxy groups -OCH3 is 1. The molecule has 3 rings (SSSR count). The fourth-order valence-corrected chi connectivity index (χ4v) is 2.45. The summed E-state index contributed by atoms with van der Waals surface area (Å²) in [5, 5.41) is 12.6. The summed E-state index contributed by atoms with van der Waals surface area (Å²) in [4.78, 5) is 0. The molecule has 3 aromatic carbocycles. The first kappa shape index (κ1) is 12.7. The van der Waals surface area contributed by atoms with Gasteiger partial charge in [0, 0.05) is 5.39 Å². The van der Waals surface area contributed by atoms with Crippen LogP contribution in [0.5, 0.6) is 5.75 Å². The first-order valence-corrected chi connectivity index (χ1v) is 6.59. The lowest BCUT2D eigenvalue weighted by Crippen LogP contribution is -2.00. The molecular formula is C18H16O2. The first-order valence-electron chi connectivity index (χ1n) is 6.59. The predicted molar refractivity (Wildman–Crippen MR) is 81.0 cm³/mol. The van der Waals surface area contributed by atoms with Gasteiger partial charge in [0.2, 0.25) is 0 Å². The lowest BCUT2D eigenvalue weighted by atomic mass is 9.98. The van der Waals surface area contributed by atoms with Gasteiger partial charge in [-0.2, -0.15) is 0 Å². The number of rotatable bonds is 3. The maximum atomic E-state index is 10.5. The lowest BCUT2D eigenvalue weighted by Gasteiger charge is -2.14. The fraction of sp³-hybridized carbons (Fsp3) is 0.111. The standard InChI is InChI=1S/C18H16O2/c1-20-17-12-15(11-14-9-5-6-10-16(14)17)18(19)13-7-3-2-4-8-13/h2-12,18-19H,1H3. The van der Waals surface area contributed by atoms with Gasteiger partial charge in [-0.15, -0.1) is 0 Å². The van der Waals surface area contributed by atoms with Gasteiger partial charge in [0.1, 0.15) is 11.9 Å². The van der Waals surface area contributed by atoms with Gasteiger partial charge in [0.25, 0.3) is 0 Å². The van der Waals surface area contributed by atoms with Crippen molar-refractivity contribution in [2.75, 3.05) is 7.11 Å². The van der Waals surface area contributed by atoms with Crippen molar-refractivity contribution in [1.82, 2.24) is 0 Å². The zero-order valence-electron chi connectivity index (χ0n) is 11.3. The Morgan fingerprint density at radius 1 is 0.850 bits per heavy atom. The summed E-state index contributed by atoms with van der Waals surface area (Å²) >= 11 is 0. The van der Waals surface area contributed by atoms with Gasteiger partial charge >= 0.3 is 0 Å². The minimum atomic E-state index is -0.644. The van der Waals surface area contributed by atoms with Crippen molar-refractivity contribution in [3.63, 3.8) is 0 Å². The number of ether oxygens (including phenoxy) is 1. The molecule has 0 aliphatic rings. The topological polar surface area (TPSA) is 29.5 Å². The van der Waals surface area contributed by atoms with Crippen LogP contribution in [0.3, 0.4) is 0 Å². The third-order valence-electron chi connectivity index (χ3n) is 3.50. The minimum Gasteiger partial charge on any atom is -0.496 e. The van der Waals surface area contributed by atoms with Crippen molar-refractivity contribution >= 4 is 10.8 Å². The quantitative estimate of drug-likeness (QED) is 0.776. The minimum absolute atomic E-state index is 0.644. The zero-order chi connectivity index (χ0) is 13.9. The Bertz CT molecular complexity index is 720. The van der Waals surface area contributed by atoms with E-state index in [9.17, 15) is 5.11 Å². The number of benzene rings is 3. The zero-order valence-corrected chi connectivity index (χ0v) is 11.3. The third kappa shape index (κ3) is 2.26. The predicted octanol–water partition coefficient (Wildman–Crippen LogP) is 3.93. The van der Waals surface area contributed by atoms with E-state index in [0.29, 0.717) is 0 Å². The Hall–Kier alpha value is -2.32. The summed E-state index contributed by atoms with van der Waals surface area (Å²) in [6, 6.07) is 21.6. The van der Waals surface area contributed by atoms with Crippen LogP contribution in [0.2, 0.25) is 0 Å².